The lowest BCUT2D eigenvalue weighted by Crippen LogP contribution is -2.33. The topological polar surface area (TPSA) is 55.4 Å². The monoisotopic (exact) mass is 717 g/mol. The molecule has 1 aliphatic carbocycles. The highest BCUT2D eigenvalue weighted by Crippen LogP contribution is 2.26. The molecular weight excluding hydrogens is 672 g/mol. The van der Waals surface area contributed by atoms with Gasteiger partial charge in [0.1, 0.15) is 11.5 Å². The maximum atomic E-state index is 12.1. The first-order chi connectivity index (χ1) is 16.5. The number of rotatable bonds is 6. The number of nitrogens with one attached hydrogen (secondary N) is 1. The Balaban J connectivity index is -0.000000763. The van der Waals surface area contributed by atoms with E-state index in [1.807, 2.05) is 71.9 Å². The van der Waals surface area contributed by atoms with Crippen molar-refractivity contribution in [2.45, 2.75) is 94.0 Å². The standard InChI is InChI=1S/C18H19NO3S.C3H8.3C2H6.I2/c1-13(20)10-14-6-5-7-15-11-16(12-18(14)15)19-23(21)22-17-8-3-2-4-9-17;1-3-2;4*1-2/h2-9,16,19H,10-12H2,1H3;3H2,1-2H3;3*1-2H3;. The van der Waals surface area contributed by atoms with Crippen molar-refractivity contribution in [3.8, 4) is 5.75 Å². The van der Waals surface area contributed by atoms with E-state index in [4.69, 9.17) is 4.18 Å². The van der Waals surface area contributed by atoms with Crippen LogP contribution in [0.25, 0.3) is 0 Å². The van der Waals surface area contributed by atoms with Crippen LogP contribution in [0, 0.1) is 0 Å². The number of carbonyl (C=O) groups excluding carboxylic acids is 1. The summed E-state index contributed by atoms with van der Waals surface area (Å²) < 4.78 is 20.5. The van der Waals surface area contributed by atoms with Gasteiger partial charge in [-0.1, -0.05) is 98.2 Å². The van der Waals surface area contributed by atoms with Crippen LogP contribution in [0.15, 0.2) is 48.5 Å². The van der Waals surface area contributed by atoms with Gasteiger partial charge in [-0.15, -0.1) is 0 Å². The van der Waals surface area contributed by atoms with Crippen LogP contribution in [0.3, 0.4) is 0 Å². The van der Waals surface area contributed by atoms with Crippen molar-refractivity contribution in [3.05, 3.63) is 65.2 Å². The molecule has 0 bridgehead atoms. The molecule has 4 nitrogen and oxygen atoms in total. The molecule has 3 rings (SSSR count). The van der Waals surface area contributed by atoms with Gasteiger partial charge >= 0.3 is 0 Å². The average molecular weight is 718 g/mol. The van der Waals surface area contributed by atoms with Crippen LogP contribution < -0.4 is 8.91 Å². The van der Waals surface area contributed by atoms with Crippen molar-refractivity contribution in [2.75, 3.05) is 0 Å². The molecule has 0 aliphatic heterocycles. The first-order valence-corrected chi connectivity index (χ1v) is 19.5. The molecule has 0 radical (unpaired) electrons. The molecule has 2 unspecified atom stereocenters. The zero-order valence-corrected chi connectivity index (χ0v) is 27.5. The van der Waals surface area contributed by atoms with Gasteiger partial charge in [0.15, 0.2) is 0 Å². The summed E-state index contributed by atoms with van der Waals surface area (Å²) in [5.41, 5.74) is 3.50. The minimum atomic E-state index is -1.58. The highest BCUT2D eigenvalue weighted by molar-refractivity contribution is 15.0. The minimum Gasteiger partial charge on any atom is -0.389 e. The van der Waals surface area contributed by atoms with Crippen LogP contribution >= 0.6 is 37.2 Å². The van der Waals surface area contributed by atoms with Gasteiger partial charge in [-0.25, -0.2) is 4.72 Å². The quantitative estimate of drug-likeness (QED) is 0.304. The number of hydrogen-bond acceptors (Lipinski definition) is 3. The lowest BCUT2D eigenvalue weighted by atomic mass is 9.99. The molecule has 2 atom stereocenters. The number of ketones is 1. The summed E-state index contributed by atoms with van der Waals surface area (Å²) in [6, 6.07) is 15.2. The second-order valence-corrected chi connectivity index (χ2v) is 7.37. The fourth-order valence-electron chi connectivity index (χ4n) is 2.97. The molecule has 0 aromatic heterocycles. The summed E-state index contributed by atoms with van der Waals surface area (Å²) in [5.74, 6) is 0.733. The van der Waals surface area contributed by atoms with Gasteiger partial charge < -0.3 is 4.18 Å². The molecule has 7 heteroatoms. The Morgan fingerprint density at radius 3 is 1.97 bits per heavy atom. The Hall–Kier alpha value is -0.520. The van der Waals surface area contributed by atoms with Gasteiger partial charge in [0.05, 0.1) is 0 Å². The Labute approximate surface area is 235 Å². The van der Waals surface area contributed by atoms with Crippen molar-refractivity contribution in [3.63, 3.8) is 0 Å². The zero-order chi connectivity index (χ0) is 26.9. The van der Waals surface area contributed by atoms with Gasteiger partial charge in [0.25, 0.3) is 11.3 Å². The summed E-state index contributed by atoms with van der Waals surface area (Å²) in [5, 5.41) is 0. The zero-order valence-electron chi connectivity index (χ0n) is 22.4. The molecule has 1 N–H and O–H groups in total. The Morgan fingerprint density at radius 1 is 0.941 bits per heavy atom. The summed E-state index contributed by atoms with van der Waals surface area (Å²) in [6.45, 7) is 17.9. The third-order valence-electron chi connectivity index (χ3n) is 3.90. The largest absolute Gasteiger partial charge is 0.389 e. The molecule has 2 aromatic rings. The van der Waals surface area contributed by atoms with Crippen LogP contribution in [0.1, 0.15) is 85.4 Å². The first kappa shape index (κ1) is 38.0. The highest BCUT2D eigenvalue weighted by Gasteiger charge is 2.25. The number of Topliss-reactive ketones (excluding diaryl/α,β-unsaturated/α-hetero) is 1. The second kappa shape index (κ2) is 27.1. The van der Waals surface area contributed by atoms with E-state index >= 15 is 0 Å². The third kappa shape index (κ3) is 17.0. The lowest BCUT2D eigenvalue weighted by molar-refractivity contribution is -0.116. The molecule has 0 spiro atoms. The van der Waals surface area contributed by atoms with Crippen LogP contribution in [-0.4, -0.2) is 16.0 Å². The maximum absolute atomic E-state index is 12.1. The van der Waals surface area contributed by atoms with E-state index in [1.165, 1.54) is 17.5 Å². The Morgan fingerprint density at radius 2 is 1.47 bits per heavy atom. The van der Waals surface area contributed by atoms with Crippen LogP contribution in [0.2, 0.25) is 0 Å². The minimum absolute atomic E-state index is 0.0580. The smallest absolute Gasteiger partial charge is 0.288 e. The van der Waals surface area contributed by atoms with E-state index in [2.05, 4.69) is 61.9 Å². The maximum Gasteiger partial charge on any atom is 0.288 e. The molecule has 0 saturated heterocycles. The predicted octanol–water partition coefficient (Wildman–Crippen LogP) is 8.80. The lowest BCUT2D eigenvalue weighted by Gasteiger charge is -2.11. The van der Waals surface area contributed by atoms with E-state index < -0.39 is 11.3 Å². The fraction of sp³-hybridized carbons (Fsp3) is 0.519. The van der Waals surface area contributed by atoms with E-state index in [0.29, 0.717) is 12.2 Å². The fourth-order valence-corrected chi connectivity index (χ4v) is 3.74. The number of halogens is 2. The van der Waals surface area contributed by atoms with Gasteiger partial charge in [0, 0.05) is 49.7 Å². The van der Waals surface area contributed by atoms with E-state index in [1.54, 1.807) is 19.1 Å². The van der Waals surface area contributed by atoms with Crippen molar-refractivity contribution in [1.29, 1.82) is 0 Å². The van der Waals surface area contributed by atoms with Gasteiger partial charge in [0.2, 0.25) is 0 Å². The van der Waals surface area contributed by atoms with Crippen molar-refractivity contribution >= 4 is 54.3 Å². The molecular formula is C27H45I2NO3S. The van der Waals surface area contributed by atoms with Crippen molar-refractivity contribution in [2.24, 2.45) is 0 Å². The average Bonchev–Trinajstić information content (AvgIpc) is 3.28. The van der Waals surface area contributed by atoms with Gasteiger partial charge in [-0.05, 0) is 48.6 Å². The summed E-state index contributed by atoms with van der Waals surface area (Å²) in [4.78, 5) is 11.4. The van der Waals surface area contributed by atoms with E-state index in [0.717, 1.165) is 18.4 Å². The third-order valence-corrected chi connectivity index (χ3v) is 4.77. The molecule has 2 aromatic carbocycles. The molecule has 0 heterocycles. The van der Waals surface area contributed by atoms with Gasteiger partial charge in [-0.3, -0.25) is 4.79 Å². The van der Waals surface area contributed by atoms with Crippen LogP contribution in [0.4, 0.5) is 0 Å². The number of para-hydroxylation sites is 1. The molecule has 0 fully saturated rings. The molecule has 196 valence electrons. The number of carbonyl (C=O) groups is 1. The normalized spacial score (nSPS) is 13.1. The van der Waals surface area contributed by atoms with Crippen molar-refractivity contribution in [1.82, 2.24) is 4.72 Å². The second-order valence-electron chi connectivity index (χ2n) is 6.49. The Kier molecular flexibility index (Phi) is 30.3. The number of benzene rings is 2. The Bertz CT molecular complexity index is 759. The SMILES string of the molecule is CC.CC.CC.CC(=O)Cc1cccc2c1CC(NS(=O)Oc1ccccc1)C2.CCC.II. The van der Waals surface area contributed by atoms with Crippen LogP contribution in [-0.2, 0) is 35.3 Å². The van der Waals surface area contributed by atoms with E-state index in [9.17, 15) is 9.00 Å². The molecule has 0 saturated carbocycles. The van der Waals surface area contributed by atoms with E-state index in [-0.39, 0.29) is 11.8 Å². The molecule has 34 heavy (non-hydrogen) atoms. The first-order valence-electron chi connectivity index (χ1n) is 12.2. The number of hydrogen-bond donors (Lipinski definition) is 1. The molecule has 0 amide bonds. The van der Waals surface area contributed by atoms with Crippen molar-refractivity contribution < 1.29 is 13.2 Å². The highest BCUT2D eigenvalue weighted by atomic mass is 128. The summed E-state index contributed by atoms with van der Waals surface area (Å²) >= 11 is 2.66. The molecule has 1 aliphatic rings. The summed E-state index contributed by atoms with van der Waals surface area (Å²) in [6.07, 6.45) is 3.27. The van der Waals surface area contributed by atoms with Crippen LogP contribution in [0.5, 0.6) is 5.75 Å². The predicted molar refractivity (Wildman–Crippen MR) is 168 cm³/mol. The summed E-state index contributed by atoms with van der Waals surface area (Å²) in [7, 11) is 0. The van der Waals surface area contributed by atoms with Gasteiger partial charge in [-0.2, -0.15) is 4.21 Å². The number of fused-ring (bicyclic) bond motifs is 1.